The second-order valence-electron chi connectivity index (χ2n) is 4.68. The van der Waals surface area contributed by atoms with E-state index in [4.69, 9.17) is 44.9 Å². The van der Waals surface area contributed by atoms with Crippen LogP contribution < -0.4 is 20.1 Å². The van der Waals surface area contributed by atoms with Gasteiger partial charge in [0.1, 0.15) is 11.5 Å². The lowest BCUT2D eigenvalue weighted by atomic mass is 10.2. The van der Waals surface area contributed by atoms with Gasteiger partial charge >= 0.3 is 0 Å². The number of hydrogen-bond acceptors (Lipinski definition) is 3. The third kappa shape index (κ3) is 4.19. The second-order valence-corrected chi connectivity index (χ2v) is 5.90. The number of anilines is 2. The van der Waals surface area contributed by atoms with E-state index in [2.05, 4.69) is 10.6 Å². The van der Waals surface area contributed by atoms with E-state index in [0.29, 0.717) is 32.3 Å². The van der Waals surface area contributed by atoms with Gasteiger partial charge in [-0.05, 0) is 36.8 Å². The number of thiocarbonyl (C=S) groups is 1. The van der Waals surface area contributed by atoms with Crippen LogP contribution in [0.15, 0.2) is 30.3 Å². The molecular weight excluding hydrogens is 355 g/mol. The maximum atomic E-state index is 6.11. The molecule has 2 aromatic carbocycles. The number of halogens is 2. The van der Waals surface area contributed by atoms with Crippen molar-refractivity contribution >= 4 is 51.9 Å². The zero-order valence-electron chi connectivity index (χ0n) is 12.9. The molecule has 0 radical (unpaired) electrons. The molecule has 0 saturated carbocycles. The van der Waals surface area contributed by atoms with Gasteiger partial charge in [-0.3, -0.25) is 0 Å². The summed E-state index contributed by atoms with van der Waals surface area (Å²) in [5.41, 5.74) is 2.39. The van der Waals surface area contributed by atoms with Crippen LogP contribution in [0.25, 0.3) is 0 Å². The van der Waals surface area contributed by atoms with Crippen LogP contribution in [0.1, 0.15) is 5.56 Å². The van der Waals surface area contributed by atoms with Crippen LogP contribution in [0.5, 0.6) is 11.5 Å². The topological polar surface area (TPSA) is 42.5 Å². The Balaban J connectivity index is 2.21. The van der Waals surface area contributed by atoms with Crippen molar-refractivity contribution in [3.8, 4) is 11.5 Å². The summed E-state index contributed by atoms with van der Waals surface area (Å²) in [6.45, 7) is 1.92. The summed E-state index contributed by atoms with van der Waals surface area (Å²) >= 11 is 17.5. The molecule has 2 aromatic rings. The van der Waals surface area contributed by atoms with Gasteiger partial charge in [0.15, 0.2) is 5.11 Å². The van der Waals surface area contributed by atoms with Crippen molar-refractivity contribution < 1.29 is 9.47 Å². The highest BCUT2D eigenvalue weighted by atomic mass is 35.5. The number of hydrogen-bond donors (Lipinski definition) is 2. The summed E-state index contributed by atoms with van der Waals surface area (Å²) in [6.07, 6.45) is 0. The number of ether oxygens (including phenoxy) is 2. The molecule has 0 aliphatic heterocycles. The van der Waals surface area contributed by atoms with Crippen molar-refractivity contribution in [2.45, 2.75) is 6.92 Å². The summed E-state index contributed by atoms with van der Waals surface area (Å²) in [5.74, 6) is 1.08. The Morgan fingerprint density at radius 1 is 0.957 bits per heavy atom. The third-order valence-electron chi connectivity index (χ3n) is 3.24. The van der Waals surface area contributed by atoms with Crippen LogP contribution >= 0.6 is 35.4 Å². The standard InChI is InChI=1S/C16H16Cl2N2O2S/c1-9-10(17)5-4-6-12(9)19-16(23)20-13-8-14(21-2)11(18)7-15(13)22-3/h4-8H,1-3H3,(H2,19,20,23). The first-order chi connectivity index (χ1) is 11.0. The summed E-state index contributed by atoms with van der Waals surface area (Å²) in [6, 6.07) is 8.96. The van der Waals surface area contributed by atoms with E-state index in [9.17, 15) is 0 Å². The van der Waals surface area contributed by atoms with Crippen molar-refractivity contribution in [2.75, 3.05) is 24.9 Å². The minimum atomic E-state index is 0.401. The van der Waals surface area contributed by atoms with Gasteiger partial charge in [-0.15, -0.1) is 0 Å². The van der Waals surface area contributed by atoms with Gasteiger partial charge in [-0.1, -0.05) is 29.3 Å². The molecule has 2 rings (SSSR count). The van der Waals surface area contributed by atoms with Crippen molar-refractivity contribution in [2.24, 2.45) is 0 Å². The molecule has 4 nitrogen and oxygen atoms in total. The molecule has 0 unspecified atom stereocenters. The Labute approximate surface area is 150 Å². The maximum Gasteiger partial charge on any atom is 0.175 e. The fraction of sp³-hybridized carbons (Fsp3) is 0.188. The molecule has 0 aliphatic rings. The van der Waals surface area contributed by atoms with Crippen molar-refractivity contribution in [1.82, 2.24) is 0 Å². The Hall–Kier alpha value is -1.69. The van der Waals surface area contributed by atoms with Crippen LogP contribution in [0.3, 0.4) is 0 Å². The number of methoxy groups -OCH3 is 2. The molecule has 2 N–H and O–H groups in total. The minimum Gasteiger partial charge on any atom is -0.495 e. The van der Waals surface area contributed by atoms with E-state index in [1.807, 2.05) is 25.1 Å². The Kier molecular flexibility index (Phi) is 5.93. The Morgan fingerprint density at radius 2 is 1.61 bits per heavy atom. The molecule has 0 atom stereocenters. The highest BCUT2D eigenvalue weighted by Crippen LogP contribution is 2.36. The largest absolute Gasteiger partial charge is 0.495 e. The lowest BCUT2D eigenvalue weighted by Gasteiger charge is -2.16. The van der Waals surface area contributed by atoms with Crippen molar-refractivity contribution in [3.63, 3.8) is 0 Å². The Morgan fingerprint density at radius 3 is 2.26 bits per heavy atom. The molecule has 0 spiro atoms. The Bertz CT molecular complexity index is 738. The maximum absolute atomic E-state index is 6.11. The number of benzene rings is 2. The van der Waals surface area contributed by atoms with Crippen LogP contribution in [0.2, 0.25) is 10.0 Å². The quantitative estimate of drug-likeness (QED) is 0.730. The fourth-order valence-corrected chi connectivity index (χ4v) is 2.60. The smallest absolute Gasteiger partial charge is 0.175 e. The van der Waals surface area contributed by atoms with Gasteiger partial charge in [0.25, 0.3) is 0 Å². The van der Waals surface area contributed by atoms with Crippen LogP contribution in [-0.4, -0.2) is 19.3 Å². The molecule has 0 saturated heterocycles. The lowest BCUT2D eigenvalue weighted by molar-refractivity contribution is 0.405. The monoisotopic (exact) mass is 370 g/mol. The first-order valence-electron chi connectivity index (χ1n) is 6.71. The molecule has 0 fully saturated rings. The zero-order valence-corrected chi connectivity index (χ0v) is 15.2. The van der Waals surface area contributed by atoms with Gasteiger partial charge in [0.05, 0.1) is 24.9 Å². The first kappa shape index (κ1) is 17.7. The van der Waals surface area contributed by atoms with Gasteiger partial charge < -0.3 is 20.1 Å². The third-order valence-corrected chi connectivity index (χ3v) is 4.15. The predicted molar refractivity (Wildman–Crippen MR) is 101 cm³/mol. The molecule has 0 amide bonds. The normalized spacial score (nSPS) is 10.1. The average molecular weight is 371 g/mol. The molecule has 122 valence electrons. The summed E-state index contributed by atoms with van der Waals surface area (Å²) < 4.78 is 10.5. The highest BCUT2D eigenvalue weighted by molar-refractivity contribution is 7.80. The van der Waals surface area contributed by atoms with Crippen LogP contribution in [0, 0.1) is 6.92 Å². The average Bonchev–Trinajstić information content (AvgIpc) is 2.53. The van der Waals surface area contributed by atoms with Crippen LogP contribution in [0.4, 0.5) is 11.4 Å². The number of rotatable bonds is 4. The van der Waals surface area contributed by atoms with E-state index in [1.54, 1.807) is 26.4 Å². The zero-order chi connectivity index (χ0) is 17.0. The summed E-state index contributed by atoms with van der Waals surface area (Å²) in [5, 5.41) is 7.71. The molecule has 23 heavy (non-hydrogen) atoms. The molecular formula is C16H16Cl2N2O2S. The van der Waals surface area contributed by atoms with E-state index in [1.165, 1.54) is 0 Å². The second kappa shape index (κ2) is 7.73. The van der Waals surface area contributed by atoms with E-state index >= 15 is 0 Å². The fourth-order valence-electron chi connectivity index (χ4n) is 1.98. The minimum absolute atomic E-state index is 0.401. The predicted octanol–water partition coefficient (Wildman–Crippen LogP) is 5.13. The number of nitrogens with one attached hydrogen (secondary N) is 2. The summed E-state index contributed by atoms with van der Waals surface area (Å²) in [7, 11) is 3.10. The molecule has 0 heterocycles. The van der Waals surface area contributed by atoms with Crippen LogP contribution in [-0.2, 0) is 0 Å². The van der Waals surface area contributed by atoms with Gasteiger partial charge in [-0.2, -0.15) is 0 Å². The van der Waals surface area contributed by atoms with E-state index < -0.39 is 0 Å². The van der Waals surface area contributed by atoms with Gasteiger partial charge in [0, 0.05) is 22.8 Å². The first-order valence-corrected chi connectivity index (χ1v) is 7.87. The molecule has 7 heteroatoms. The molecule has 0 aliphatic carbocycles. The van der Waals surface area contributed by atoms with E-state index in [-0.39, 0.29) is 0 Å². The van der Waals surface area contributed by atoms with E-state index in [0.717, 1.165) is 11.3 Å². The highest BCUT2D eigenvalue weighted by Gasteiger charge is 2.12. The lowest BCUT2D eigenvalue weighted by Crippen LogP contribution is -2.20. The van der Waals surface area contributed by atoms with Crippen molar-refractivity contribution in [3.05, 3.63) is 45.9 Å². The summed E-state index contributed by atoms with van der Waals surface area (Å²) in [4.78, 5) is 0. The SMILES string of the molecule is COc1cc(NC(=S)Nc2cccc(Cl)c2C)c(OC)cc1Cl. The van der Waals surface area contributed by atoms with Crippen molar-refractivity contribution in [1.29, 1.82) is 0 Å². The molecule has 0 aromatic heterocycles. The molecule has 0 bridgehead atoms. The van der Waals surface area contributed by atoms with Gasteiger partial charge in [-0.25, -0.2) is 0 Å². The van der Waals surface area contributed by atoms with Gasteiger partial charge in [0.2, 0.25) is 0 Å².